The van der Waals surface area contributed by atoms with Gasteiger partial charge in [0.15, 0.2) is 0 Å². The van der Waals surface area contributed by atoms with Crippen LogP contribution in [0.3, 0.4) is 0 Å². The van der Waals surface area contributed by atoms with Crippen LogP contribution in [0.25, 0.3) is 0 Å². The fourth-order valence-electron chi connectivity index (χ4n) is 2.80. The first kappa shape index (κ1) is 14.6. The molecular weight excluding hydrogens is 276 g/mol. The van der Waals surface area contributed by atoms with E-state index in [-0.39, 0.29) is 5.41 Å². The normalized spacial score (nSPS) is 21.9. The van der Waals surface area contributed by atoms with Gasteiger partial charge in [-0.1, -0.05) is 50.5 Å². The average molecular weight is 297 g/mol. The highest BCUT2D eigenvalue weighted by Gasteiger charge is 2.32. The summed E-state index contributed by atoms with van der Waals surface area (Å²) in [6, 6.07) is 6.07. The number of halogens is 1. The van der Waals surface area contributed by atoms with Crippen molar-refractivity contribution in [3.8, 4) is 0 Å². The molecule has 1 aliphatic rings. The molecule has 1 aromatic rings. The maximum atomic E-state index is 6.09. The highest BCUT2D eigenvalue weighted by atomic mass is 35.5. The Morgan fingerprint density at radius 2 is 2.16 bits per heavy atom. The van der Waals surface area contributed by atoms with Gasteiger partial charge in [0, 0.05) is 22.3 Å². The molecule has 0 radical (unpaired) electrons. The van der Waals surface area contributed by atoms with Crippen molar-refractivity contribution in [1.29, 1.82) is 0 Å². The molecule has 0 bridgehead atoms. The fraction of sp³-hybridized carbons (Fsp3) is 0.533. The lowest BCUT2D eigenvalue weighted by Gasteiger charge is -2.40. The molecule has 0 heterocycles. The van der Waals surface area contributed by atoms with Crippen LogP contribution in [0.15, 0.2) is 18.2 Å². The quantitative estimate of drug-likeness (QED) is 0.814. The Hall–Kier alpha value is -0.800. The molecule has 3 N–H and O–H groups in total. The van der Waals surface area contributed by atoms with E-state index < -0.39 is 0 Å². The van der Waals surface area contributed by atoms with Gasteiger partial charge in [-0.05, 0) is 36.5 Å². The van der Waals surface area contributed by atoms with E-state index in [2.05, 4.69) is 19.2 Å². The Bertz CT molecular complexity index is 485. The van der Waals surface area contributed by atoms with Gasteiger partial charge >= 0.3 is 0 Å². The van der Waals surface area contributed by atoms with Gasteiger partial charge in [-0.2, -0.15) is 0 Å². The fourth-order valence-corrected chi connectivity index (χ4v) is 3.15. The number of thiocarbonyl (C=S) groups is 1. The number of anilines is 1. The van der Waals surface area contributed by atoms with Crippen LogP contribution in [0.4, 0.5) is 5.69 Å². The monoisotopic (exact) mass is 296 g/mol. The van der Waals surface area contributed by atoms with Crippen molar-refractivity contribution in [2.45, 2.75) is 45.6 Å². The van der Waals surface area contributed by atoms with E-state index in [1.807, 2.05) is 18.2 Å². The molecule has 2 nitrogen and oxygen atoms in total. The zero-order valence-electron chi connectivity index (χ0n) is 11.5. The smallest absolute Gasteiger partial charge is 0.106 e. The molecule has 4 heteroatoms. The van der Waals surface area contributed by atoms with Crippen LogP contribution < -0.4 is 11.1 Å². The van der Waals surface area contributed by atoms with Gasteiger partial charge in [0.2, 0.25) is 0 Å². The molecule has 1 unspecified atom stereocenters. The average Bonchev–Trinajstić information content (AvgIpc) is 2.31. The number of hydrogen-bond donors (Lipinski definition) is 2. The number of nitrogens with two attached hydrogens (primary N) is 1. The van der Waals surface area contributed by atoms with Gasteiger partial charge in [0.1, 0.15) is 4.99 Å². The molecule has 0 aliphatic heterocycles. The molecule has 1 atom stereocenters. The van der Waals surface area contributed by atoms with Crippen molar-refractivity contribution in [2.75, 3.05) is 5.32 Å². The first-order valence-electron chi connectivity index (χ1n) is 6.76. The zero-order valence-corrected chi connectivity index (χ0v) is 13.1. The molecule has 19 heavy (non-hydrogen) atoms. The predicted molar refractivity (Wildman–Crippen MR) is 87.0 cm³/mol. The maximum absolute atomic E-state index is 6.09. The summed E-state index contributed by atoms with van der Waals surface area (Å²) in [5, 5.41) is 4.31. The van der Waals surface area contributed by atoms with Crippen LogP contribution in [0.5, 0.6) is 0 Å². The van der Waals surface area contributed by atoms with Gasteiger partial charge in [-0.15, -0.1) is 0 Å². The summed E-state index contributed by atoms with van der Waals surface area (Å²) < 4.78 is 0. The predicted octanol–water partition coefficient (Wildman–Crippen LogP) is 4.35. The van der Waals surface area contributed by atoms with E-state index in [1.54, 1.807) is 0 Å². The Balaban J connectivity index is 2.27. The van der Waals surface area contributed by atoms with Crippen molar-refractivity contribution in [2.24, 2.45) is 11.1 Å². The number of nitrogens with one attached hydrogen (secondary N) is 1. The third kappa shape index (κ3) is 3.40. The van der Waals surface area contributed by atoms with Crippen LogP contribution in [0, 0.1) is 5.41 Å². The Kier molecular flexibility index (Phi) is 4.36. The van der Waals surface area contributed by atoms with Gasteiger partial charge in [-0.25, -0.2) is 0 Å². The highest BCUT2D eigenvalue weighted by Crippen LogP contribution is 2.38. The van der Waals surface area contributed by atoms with Gasteiger partial charge < -0.3 is 11.1 Å². The van der Waals surface area contributed by atoms with Crippen LogP contribution in [0.2, 0.25) is 5.02 Å². The Morgan fingerprint density at radius 3 is 2.79 bits per heavy atom. The summed E-state index contributed by atoms with van der Waals surface area (Å²) >= 11 is 11.2. The molecule has 0 aromatic heterocycles. The molecule has 2 rings (SSSR count). The van der Waals surface area contributed by atoms with E-state index in [0.29, 0.717) is 16.1 Å². The second-order valence-electron chi connectivity index (χ2n) is 5.99. The summed E-state index contributed by atoms with van der Waals surface area (Å²) in [5.41, 5.74) is 7.91. The van der Waals surface area contributed by atoms with Crippen molar-refractivity contribution in [3.63, 3.8) is 0 Å². The lowest BCUT2D eigenvalue weighted by atomic mass is 9.73. The van der Waals surface area contributed by atoms with Crippen molar-refractivity contribution in [3.05, 3.63) is 28.8 Å². The lowest BCUT2D eigenvalue weighted by molar-refractivity contribution is 0.217. The summed E-state index contributed by atoms with van der Waals surface area (Å²) in [4.78, 5) is 0.410. The molecule has 0 spiro atoms. The first-order valence-corrected chi connectivity index (χ1v) is 7.55. The van der Waals surface area contributed by atoms with Gasteiger partial charge in [-0.3, -0.25) is 0 Å². The third-order valence-corrected chi connectivity index (χ3v) is 4.54. The third-order valence-electron chi connectivity index (χ3n) is 4.08. The van der Waals surface area contributed by atoms with E-state index in [0.717, 1.165) is 11.3 Å². The van der Waals surface area contributed by atoms with Crippen molar-refractivity contribution >= 4 is 34.5 Å². The lowest BCUT2D eigenvalue weighted by Crippen LogP contribution is -2.39. The molecule has 1 fully saturated rings. The van der Waals surface area contributed by atoms with Crippen LogP contribution >= 0.6 is 23.8 Å². The summed E-state index contributed by atoms with van der Waals surface area (Å²) in [6.45, 7) is 4.63. The minimum Gasteiger partial charge on any atom is -0.389 e. The SMILES string of the molecule is CC1(C)CCCCC1Nc1cc(Cl)ccc1C(N)=S. The molecule has 104 valence electrons. The van der Waals surface area contributed by atoms with Crippen LogP contribution in [-0.4, -0.2) is 11.0 Å². The van der Waals surface area contributed by atoms with Crippen molar-refractivity contribution in [1.82, 2.24) is 0 Å². The van der Waals surface area contributed by atoms with E-state index in [4.69, 9.17) is 29.6 Å². The second-order valence-corrected chi connectivity index (χ2v) is 6.86. The summed E-state index contributed by atoms with van der Waals surface area (Å²) in [7, 11) is 0. The Morgan fingerprint density at radius 1 is 1.42 bits per heavy atom. The molecule has 0 amide bonds. The Labute approximate surface area is 125 Å². The van der Waals surface area contributed by atoms with E-state index >= 15 is 0 Å². The second kappa shape index (κ2) is 5.68. The minimum absolute atomic E-state index is 0.286. The molecular formula is C15H21ClN2S. The standard InChI is InChI=1S/C15H21ClN2S/c1-15(2)8-4-3-5-13(15)18-12-9-10(16)6-7-11(12)14(17)19/h6-7,9,13,18H,3-5,8H2,1-2H3,(H2,17,19). The molecule has 1 aliphatic carbocycles. The van der Waals surface area contributed by atoms with Crippen molar-refractivity contribution < 1.29 is 0 Å². The number of benzene rings is 1. The van der Waals surface area contributed by atoms with Crippen LogP contribution in [0.1, 0.15) is 45.1 Å². The highest BCUT2D eigenvalue weighted by molar-refractivity contribution is 7.80. The summed E-state index contributed by atoms with van der Waals surface area (Å²) in [6.07, 6.45) is 5.00. The maximum Gasteiger partial charge on any atom is 0.106 e. The topological polar surface area (TPSA) is 38.0 Å². The zero-order chi connectivity index (χ0) is 14.0. The van der Waals surface area contributed by atoms with E-state index in [1.165, 1.54) is 25.7 Å². The molecule has 0 saturated heterocycles. The van der Waals surface area contributed by atoms with Gasteiger partial charge in [0.05, 0.1) is 0 Å². The van der Waals surface area contributed by atoms with Gasteiger partial charge in [0.25, 0.3) is 0 Å². The largest absolute Gasteiger partial charge is 0.389 e. The first-order chi connectivity index (χ1) is 8.90. The van der Waals surface area contributed by atoms with E-state index in [9.17, 15) is 0 Å². The van der Waals surface area contributed by atoms with Crippen LogP contribution in [-0.2, 0) is 0 Å². The minimum atomic E-state index is 0.286. The molecule has 1 aromatic carbocycles. The number of hydrogen-bond acceptors (Lipinski definition) is 2. The number of rotatable bonds is 3. The summed E-state index contributed by atoms with van der Waals surface area (Å²) in [5.74, 6) is 0. The molecule has 1 saturated carbocycles.